The Bertz CT molecular complexity index is 229. The molecular formula is C10H16Cl2O. The summed E-state index contributed by atoms with van der Waals surface area (Å²) in [5.41, 5.74) is -0.322. The predicted molar refractivity (Wildman–Crippen MR) is 55.6 cm³/mol. The second kappa shape index (κ2) is 2.77. The number of alkyl halides is 2. The predicted octanol–water partition coefficient (Wildman–Crippen LogP) is 3.18. The maximum Gasteiger partial charge on any atom is 0.0839 e. The lowest BCUT2D eigenvalue weighted by atomic mass is 9.68. The number of hydrogen-bond acceptors (Lipinski definition) is 1. The topological polar surface area (TPSA) is 9.23 Å². The van der Waals surface area contributed by atoms with Gasteiger partial charge in [-0.1, -0.05) is 0 Å². The van der Waals surface area contributed by atoms with Crippen LogP contribution in [0.3, 0.4) is 0 Å². The summed E-state index contributed by atoms with van der Waals surface area (Å²) in [5.74, 6) is 0.401. The third-order valence-corrected chi connectivity index (χ3v) is 4.65. The molecule has 1 nitrogen and oxygen atoms in total. The minimum absolute atomic E-state index is 0.106. The molecule has 0 aromatic rings. The Morgan fingerprint density at radius 3 is 2.31 bits per heavy atom. The molecule has 1 unspecified atom stereocenters. The van der Waals surface area contributed by atoms with Crippen LogP contribution in [0.4, 0.5) is 0 Å². The molecule has 4 atom stereocenters. The van der Waals surface area contributed by atoms with Crippen LogP contribution in [0, 0.1) is 5.92 Å². The van der Waals surface area contributed by atoms with E-state index in [-0.39, 0.29) is 22.0 Å². The SMILES string of the molecule is CC1(C)O[C@]2(C)C[C@H](Cl)[C@H]1CC2Cl. The average molecular weight is 223 g/mol. The molecule has 3 heteroatoms. The van der Waals surface area contributed by atoms with E-state index >= 15 is 0 Å². The van der Waals surface area contributed by atoms with Gasteiger partial charge in [-0.15, -0.1) is 23.2 Å². The highest BCUT2D eigenvalue weighted by Gasteiger charge is 2.57. The van der Waals surface area contributed by atoms with E-state index < -0.39 is 0 Å². The van der Waals surface area contributed by atoms with E-state index in [1.807, 2.05) is 0 Å². The monoisotopic (exact) mass is 222 g/mol. The summed E-state index contributed by atoms with van der Waals surface area (Å²) >= 11 is 12.6. The molecule has 3 fully saturated rings. The maximum absolute atomic E-state index is 6.31. The van der Waals surface area contributed by atoms with Crippen LogP contribution in [0.25, 0.3) is 0 Å². The average Bonchev–Trinajstić information content (AvgIpc) is 1.92. The molecule has 3 aliphatic rings. The molecule has 1 aliphatic carbocycles. The largest absolute Gasteiger partial charge is 0.367 e. The summed E-state index contributed by atoms with van der Waals surface area (Å²) in [6.07, 6.45) is 1.87. The van der Waals surface area contributed by atoms with Gasteiger partial charge in [0.1, 0.15) is 0 Å². The van der Waals surface area contributed by atoms with Gasteiger partial charge < -0.3 is 4.74 Å². The summed E-state index contributed by atoms with van der Waals surface area (Å²) in [6, 6.07) is 0. The number of fused-ring (bicyclic) bond motifs is 3. The summed E-state index contributed by atoms with van der Waals surface area (Å²) in [6.45, 7) is 6.32. The van der Waals surface area contributed by atoms with Crippen molar-refractivity contribution in [3.8, 4) is 0 Å². The van der Waals surface area contributed by atoms with Gasteiger partial charge >= 0.3 is 0 Å². The number of hydrogen-bond donors (Lipinski definition) is 0. The number of ether oxygens (including phenoxy) is 1. The zero-order valence-corrected chi connectivity index (χ0v) is 9.82. The Labute approximate surface area is 89.7 Å². The molecule has 2 heterocycles. The van der Waals surface area contributed by atoms with Crippen molar-refractivity contribution < 1.29 is 4.74 Å². The molecule has 0 spiro atoms. The van der Waals surface area contributed by atoms with E-state index in [2.05, 4.69) is 20.8 Å². The summed E-state index contributed by atoms with van der Waals surface area (Å²) in [5, 5.41) is 0.351. The van der Waals surface area contributed by atoms with Crippen LogP contribution in [0.1, 0.15) is 33.6 Å². The van der Waals surface area contributed by atoms with Crippen molar-refractivity contribution in [1.82, 2.24) is 0 Å². The molecule has 0 N–H and O–H groups in total. The quantitative estimate of drug-likeness (QED) is 0.573. The van der Waals surface area contributed by atoms with Crippen LogP contribution in [0.15, 0.2) is 0 Å². The number of rotatable bonds is 0. The first kappa shape index (κ1) is 10.1. The Hall–Kier alpha value is 0.540. The molecule has 2 saturated heterocycles. The van der Waals surface area contributed by atoms with Crippen LogP contribution in [0.5, 0.6) is 0 Å². The van der Waals surface area contributed by atoms with Crippen molar-refractivity contribution >= 4 is 23.2 Å². The summed E-state index contributed by atoms with van der Waals surface area (Å²) in [4.78, 5) is 0. The normalized spacial score (nSPS) is 53.8. The highest BCUT2D eigenvalue weighted by molar-refractivity contribution is 6.23. The first-order chi connectivity index (χ1) is 5.85. The van der Waals surface area contributed by atoms with Gasteiger partial charge in [0.25, 0.3) is 0 Å². The third-order valence-electron chi connectivity index (χ3n) is 3.55. The van der Waals surface area contributed by atoms with Crippen molar-refractivity contribution in [2.24, 2.45) is 5.92 Å². The van der Waals surface area contributed by atoms with Crippen molar-refractivity contribution in [1.29, 1.82) is 0 Å². The Morgan fingerprint density at radius 1 is 1.23 bits per heavy atom. The summed E-state index contributed by atoms with van der Waals surface area (Å²) < 4.78 is 6.03. The molecule has 1 saturated carbocycles. The van der Waals surface area contributed by atoms with Crippen LogP contribution in [0.2, 0.25) is 0 Å². The van der Waals surface area contributed by atoms with Crippen molar-refractivity contribution in [2.75, 3.05) is 0 Å². The van der Waals surface area contributed by atoms with E-state index in [1.54, 1.807) is 0 Å². The van der Waals surface area contributed by atoms with Gasteiger partial charge in [-0.2, -0.15) is 0 Å². The highest BCUT2D eigenvalue weighted by Crippen LogP contribution is 2.53. The van der Waals surface area contributed by atoms with Gasteiger partial charge in [0, 0.05) is 11.3 Å². The Morgan fingerprint density at radius 2 is 1.85 bits per heavy atom. The molecule has 76 valence electrons. The molecule has 0 aromatic heterocycles. The zero-order chi connectivity index (χ0) is 9.85. The molecule has 2 bridgehead atoms. The second-order valence-electron chi connectivity index (χ2n) is 5.05. The zero-order valence-electron chi connectivity index (χ0n) is 8.31. The van der Waals surface area contributed by atoms with Crippen molar-refractivity contribution in [3.63, 3.8) is 0 Å². The smallest absolute Gasteiger partial charge is 0.0839 e. The molecule has 13 heavy (non-hydrogen) atoms. The van der Waals surface area contributed by atoms with Crippen LogP contribution in [-0.2, 0) is 4.74 Å². The fourth-order valence-corrected chi connectivity index (χ4v) is 3.82. The van der Waals surface area contributed by atoms with Crippen molar-refractivity contribution in [2.45, 2.75) is 55.6 Å². The molecule has 2 aliphatic heterocycles. The fraction of sp³-hybridized carbons (Fsp3) is 1.00. The van der Waals surface area contributed by atoms with E-state index in [9.17, 15) is 0 Å². The van der Waals surface area contributed by atoms with Gasteiger partial charge in [-0.25, -0.2) is 0 Å². The molecule has 0 amide bonds. The van der Waals surface area contributed by atoms with Crippen molar-refractivity contribution in [3.05, 3.63) is 0 Å². The minimum Gasteiger partial charge on any atom is -0.367 e. The lowest BCUT2D eigenvalue weighted by molar-refractivity contribution is -0.224. The Balaban J connectivity index is 2.32. The van der Waals surface area contributed by atoms with Gasteiger partial charge in [-0.3, -0.25) is 0 Å². The molecule has 0 aromatic carbocycles. The van der Waals surface area contributed by atoms with Crippen LogP contribution < -0.4 is 0 Å². The fourth-order valence-electron chi connectivity index (χ4n) is 2.78. The van der Waals surface area contributed by atoms with Gasteiger partial charge in [0.2, 0.25) is 0 Å². The van der Waals surface area contributed by atoms with Crippen LogP contribution >= 0.6 is 23.2 Å². The van der Waals surface area contributed by atoms with Gasteiger partial charge in [-0.05, 0) is 33.6 Å². The minimum atomic E-state index is -0.216. The lowest BCUT2D eigenvalue weighted by Crippen LogP contribution is -2.63. The Kier molecular flexibility index (Phi) is 2.15. The summed E-state index contributed by atoms with van der Waals surface area (Å²) in [7, 11) is 0. The van der Waals surface area contributed by atoms with Gasteiger partial charge in [0.15, 0.2) is 0 Å². The highest BCUT2D eigenvalue weighted by atomic mass is 35.5. The van der Waals surface area contributed by atoms with E-state index in [0.717, 1.165) is 12.8 Å². The first-order valence-electron chi connectivity index (χ1n) is 4.83. The number of halogens is 2. The molecular weight excluding hydrogens is 207 g/mol. The second-order valence-corrected chi connectivity index (χ2v) is 6.14. The molecule has 0 radical (unpaired) electrons. The third kappa shape index (κ3) is 1.40. The van der Waals surface area contributed by atoms with Crippen LogP contribution in [-0.4, -0.2) is 22.0 Å². The van der Waals surface area contributed by atoms with E-state index in [0.29, 0.717) is 5.92 Å². The van der Waals surface area contributed by atoms with E-state index in [1.165, 1.54) is 0 Å². The first-order valence-corrected chi connectivity index (χ1v) is 5.71. The van der Waals surface area contributed by atoms with Gasteiger partial charge in [0.05, 0.1) is 16.6 Å². The maximum atomic E-state index is 6.31. The lowest BCUT2D eigenvalue weighted by Gasteiger charge is -2.58. The molecule has 3 rings (SSSR count). The van der Waals surface area contributed by atoms with E-state index in [4.69, 9.17) is 27.9 Å². The standard InChI is InChI=1S/C10H16Cl2O/c1-9(2)6-4-8(12)10(3,13-9)5-7(6)11/h6-8H,4-5H2,1-3H3/t6-,7+,8?,10-/m1/s1.